The van der Waals surface area contributed by atoms with E-state index >= 15 is 0 Å². The van der Waals surface area contributed by atoms with E-state index < -0.39 is 13.6 Å². The van der Waals surface area contributed by atoms with Gasteiger partial charge >= 0.3 is 13.6 Å². The molecule has 0 fully saturated rings. The van der Waals surface area contributed by atoms with Crippen LogP contribution >= 0.6 is 7.60 Å². The zero-order valence-electron chi connectivity index (χ0n) is 11.9. The third-order valence-corrected chi connectivity index (χ3v) is 4.83. The van der Waals surface area contributed by atoms with Crippen molar-refractivity contribution in [3.05, 3.63) is 35.7 Å². The van der Waals surface area contributed by atoms with Gasteiger partial charge in [0, 0.05) is 6.20 Å². The van der Waals surface area contributed by atoms with Crippen molar-refractivity contribution in [2.75, 3.05) is 13.2 Å². The third kappa shape index (κ3) is 3.69. The van der Waals surface area contributed by atoms with Gasteiger partial charge in [-0.3, -0.25) is 4.57 Å². The standard InChI is InChI=1S/C13H17N2O5P/c1-3-19-21(18,20-4-2)9-10-5-6-15-11(7-10)8-12(14-15)13(16)17/h5-8H,3-4,9H2,1-2H3,(H,16,17). The Morgan fingerprint density at radius 1 is 1.33 bits per heavy atom. The van der Waals surface area contributed by atoms with Gasteiger partial charge < -0.3 is 14.2 Å². The number of rotatable bonds is 7. The van der Waals surface area contributed by atoms with Crippen LogP contribution in [0.5, 0.6) is 0 Å². The largest absolute Gasteiger partial charge is 0.476 e. The fourth-order valence-corrected chi connectivity index (χ4v) is 3.68. The molecular weight excluding hydrogens is 295 g/mol. The van der Waals surface area contributed by atoms with Gasteiger partial charge in [-0.05, 0) is 37.6 Å². The molecule has 1 N–H and O–H groups in total. The lowest BCUT2D eigenvalue weighted by atomic mass is 10.2. The van der Waals surface area contributed by atoms with Crippen LogP contribution in [0.3, 0.4) is 0 Å². The van der Waals surface area contributed by atoms with E-state index in [0.29, 0.717) is 18.7 Å². The van der Waals surface area contributed by atoms with Crippen molar-refractivity contribution in [1.82, 2.24) is 9.61 Å². The van der Waals surface area contributed by atoms with Crippen LogP contribution in [0.1, 0.15) is 29.9 Å². The Hall–Kier alpha value is -1.69. The van der Waals surface area contributed by atoms with Crippen molar-refractivity contribution in [3.8, 4) is 0 Å². The highest BCUT2D eigenvalue weighted by Crippen LogP contribution is 2.51. The summed E-state index contributed by atoms with van der Waals surface area (Å²) in [5.41, 5.74) is 1.32. The summed E-state index contributed by atoms with van der Waals surface area (Å²) in [5.74, 6) is -1.09. The molecule has 8 heteroatoms. The van der Waals surface area contributed by atoms with Crippen molar-refractivity contribution in [1.29, 1.82) is 0 Å². The van der Waals surface area contributed by atoms with Crippen LogP contribution in [0.2, 0.25) is 0 Å². The van der Waals surface area contributed by atoms with Crippen LogP contribution in [-0.4, -0.2) is 33.9 Å². The number of aromatic nitrogens is 2. The molecule has 0 radical (unpaired) electrons. The molecule has 2 heterocycles. The number of carboxylic acid groups (broad SMARTS) is 1. The molecule has 0 atom stereocenters. The van der Waals surface area contributed by atoms with Crippen LogP contribution in [0.4, 0.5) is 0 Å². The van der Waals surface area contributed by atoms with Gasteiger partial charge in [0.2, 0.25) is 0 Å². The normalized spacial score (nSPS) is 11.9. The average Bonchev–Trinajstić information content (AvgIpc) is 2.82. The summed E-state index contributed by atoms with van der Waals surface area (Å²) in [5, 5.41) is 12.8. The molecule has 0 unspecified atom stereocenters. The minimum Gasteiger partial charge on any atom is -0.476 e. The molecule has 0 saturated carbocycles. The molecule has 0 aromatic carbocycles. The van der Waals surface area contributed by atoms with E-state index in [0.717, 1.165) is 5.56 Å². The van der Waals surface area contributed by atoms with Crippen molar-refractivity contribution >= 4 is 19.1 Å². The summed E-state index contributed by atoms with van der Waals surface area (Å²) in [6, 6.07) is 4.90. The van der Waals surface area contributed by atoms with Gasteiger partial charge in [-0.25, -0.2) is 9.31 Å². The Labute approximate surface area is 122 Å². The lowest BCUT2D eigenvalue weighted by Gasteiger charge is -2.16. The molecule has 0 spiro atoms. The second-order valence-electron chi connectivity index (χ2n) is 4.34. The first-order valence-electron chi connectivity index (χ1n) is 6.57. The Kier molecular flexibility index (Phi) is 4.77. The first-order valence-corrected chi connectivity index (χ1v) is 8.30. The number of nitrogens with zero attached hydrogens (tertiary/aromatic N) is 2. The molecule has 0 aliphatic rings. The second-order valence-corrected chi connectivity index (χ2v) is 6.40. The number of carbonyl (C=O) groups is 1. The number of aromatic carboxylic acids is 1. The third-order valence-electron chi connectivity index (χ3n) is 2.77. The maximum absolute atomic E-state index is 12.5. The number of hydrogen-bond acceptors (Lipinski definition) is 5. The van der Waals surface area contributed by atoms with Gasteiger partial charge in [-0.15, -0.1) is 0 Å². The molecule has 0 saturated heterocycles. The Morgan fingerprint density at radius 2 is 2.00 bits per heavy atom. The monoisotopic (exact) mass is 312 g/mol. The van der Waals surface area contributed by atoms with Crippen LogP contribution in [0.25, 0.3) is 5.52 Å². The zero-order chi connectivity index (χ0) is 15.5. The summed E-state index contributed by atoms with van der Waals surface area (Å²) < 4.78 is 24.4. The van der Waals surface area contributed by atoms with E-state index in [9.17, 15) is 9.36 Å². The number of carboxylic acids is 1. The SMILES string of the molecule is CCOP(=O)(Cc1ccn2nc(C(=O)O)cc2c1)OCC. The summed E-state index contributed by atoms with van der Waals surface area (Å²) in [4.78, 5) is 10.9. The minimum atomic E-state index is -3.18. The first kappa shape index (κ1) is 15.7. The van der Waals surface area contributed by atoms with E-state index in [4.69, 9.17) is 14.2 Å². The molecule has 2 rings (SSSR count). The van der Waals surface area contributed by atoms with Crippen molar-refractivity contribution in [2.45, 2.75) is 20.0 Å². The van der Waals surface area contributed by atoms with Gasteiger partial charge in [-0.1, -0.05) is 0 Å². The second kappa shape index (κ2) is 6.39. The van der Waals surface area contributed by atoms with Gasteiger partial charge in [0.1, 0.15) is 0 Å². The highest BCUT2D eigenvalue weighted by atomic mass is 31.2. The van der Waals surface area contributed by atoms with Crippen LogP contribution < -0.4 is 0 Å². The quantitative estimate of drug-likeness (QED) is 0.791. The summed E-state index contributed by atoms with van der Waals surface area (Å²) in [6.45, 7) is 4.11. The lowest BCUT2D eigenvalue weighted by Crippen LogP contribution is -2.00. The average molecular weight is 312 g/mol. The topological polar surface area (TPSA) is 90.1 Å². The van der Waals surface area contributed by atoms with E-state index in [2.05, 4.69) is 5.10 Å². The van der Waals surface area contributed by atoms with Crippen molar-refractivity contribution < 1.29 is 23.5 Å². The molecule has 0 bridgehead atoms. The lowest BCUT2D eigenvalue weighted by molar-refractivity contribution is 0.0690. The first-order chi connectivity index (χ1) is 9.97. The molecule has 0 aliphatic carbocycles. The zero-order valence-corrected chi connectivity index (χ0v) is 12.7. The van der Waals surface area contributed by atoms with Gasteiger partial charge in [0.05, 0.1) is 24.9 Å². The molecule has 2 aromatic heterocycles. The maximum Gasteiger partial charge on any atom is 0.356 e. The Bertz CT molecular complexity index is 687. The molecule has 7 nitrogen and oxygen atoms in total. The fourth-order valence-electron chi connectivity index (χ4n) is 1.99. The highest BCUT2D eigenvalue weighted by molar-refractivity contribution is 7.53. The Balaban J connectivity index is 2.29. The van der Waals surface area contributed by atoms with E-state index in [1.165, 1.54) is 10.6 Å². The number of fused-ring (bicyclic) bond motifs is 1. The van der Waals surface area contributed by atoms with E-state index in [-0.39, 0.29) is 11.9 Å². The molecule has 21 heavy (non-hydrogen) atoms. The summed E-state index contributed by atoms with van der Waals surface area (Å²) in [6.07, 6.45) is 1.76. The van der Waals surface area contributed by atoms with Gasteiger partial charge in [0.15, 0.2) is 5.69 Å². The van der Waals surface area contributed by atoms with Crippen molar-refractivity contribution in [2.24, 2.45) is 0 Å². The maximum atomic E-state index is 12.5. The molecular formula is C13H17N2O5P. The molecule has 0 aliphatic heterocycles. The van der Waals surface area contributed by atoms with Crippen molar-refractivity contribution in [3.63, 3.8) is 0 Å². The number of pyridine rings is 1. The predicted octanol–water partition coefficient (Wildman–Crippen LogP) is 2.80. The molecule has 114 valence electrons. The number of hydrogen-bond donors (Lipinski definition) is 1. The predicted molar refractivity (Wildman–Crippen MR) is 76.7 cm³/mol. The fraction of sp³-hybridized carbons (Fsp3) is 0.385. The van der Waals surface area contributed by atoms with Gasteiger partial charge in [0.25, 0.3) is 0 Å². The minimum absolute atomic E-state index is 0.0371. The Morgan fingerprint density at radius 3 is 2.57 bits per heavy atom. The van der Waals surface area contributed by atoms with Crippen LogP contribution in [0, 0.1) is 0 Å². The van der Waals surface area contributed by atoms with E-state index in [1.54, 1.807) is 32.2 Å². The molecule has 0 amide bonds. The van der Waals surface area contributed by atoms with Crippen LogP contribution in [-0.2, 0) is 19.8 Å². The van der Waals surface area contributed by atoms with Crippen LogP contribution in [0.15, 0.2) is 24.4 Å². The highest BCUT2D eigenvalue weighted by Gasteiger charge is 2.24. The summed E-state index contributed by atoms with van der Waals surface area (Å²) >= 11 is 0. The molecule has 2 aromatic rings. The smallest absolute Gasteiger partial charge is 0.356 e. The van der Waals surface area contributed by atoms with Gasteiger partial charge in [-0.2, -0.15) is 5.10 Å². The summed E-state index contributed by atoms with van der Waals surface area (Å²) in [7, 11) is -3.18. The van der Waals surface area contributed by atoms with E-state index in [1.807, 2.05) is 0 Å².